The van der Waals surface area contributed by atoms with E-state index in [0.29, 0.717) is 36.0 Å². The number of halogens is 2. The Bertz CT molecular complexity index is 1270. The van der Waals surface area contributed by atoms with E-state index in [-0.39, 0.29) is 17.0 Å². The molecule has 3 aromatic carbocycles. The molecule has 160 valence electrons. The molecule has 8 heteroatoms. The first-order valence-corrected chi connectivity index (χ1v) is 9.83. The highest BCUT2D eigenvalue weighted by Gasteiger charge is 2.40. The second-order valence-electron chi connectivity index (χ2n) is 7.14. The number of ether oxygens (including phenoxy) is 2. The number of rotatable bonds is 4. The lowest BCUT2D eigenvalue weighted by atomic mass is 10.0. The Morgan fingerprint density at radius 1 is 0.781 bits per heavy atom. The monoisotopic (exact) mass is 434 g/mol. The number of fused-ring (bicyclic) bond motifs is 1. The molecule has 0 spiro atoms. The Balaban J connectivity index is 1.58. The molecule has 5 rings (SSSR count). The van der Waals surface area contributed by atoms with Crippen molar-refractivity contribution in [1.29, 1.82) is 0 Å². The van der Waals surface area contributed by atoms with Crippen LogP contribution in [0.15, 0.2) is 72.4 Å². The van der Waals surface area contributed by atoms with Crippen LogP contribution in [0.5, 0.6) is 11.5 Å². The zero-order chi connectivity index (χ0) is 22.2. The van der Waals surface area contributed by atoms with Gasteiger partial charge in [0.1, 0.15) is 18.9 Å². The molecular weight excluding hydrogens is 418 g/mol. The number of benzene rings is 3. The third-order valence-corrected chi connectivity index (χ3v) is 5.12. The second-order valence-corrected chi connectivity index (χ2v) is 7.14. The minimum Gasteiger partial charge on any atom is -0.486 e. The third kappa shape index (κ3) is 3.35. The van der Waals surface area contributed by atoms with Gasteiger partial charge in [0, 0.05) is 17.8 Å². The van der Waals surface area contributed by atoms with E-state index in [2.05, 4.69) is 5.32 Å². The third-order valence-electron chi connectivity index (χ3n) is 5.12. The quantitative estimate of drug-likeness (QED) is 0.626. The van der Waals surface area contributed by atoms with Gasteiger partial charge in [0.2, 0.25) is 0 Å². The standard InChI is InChI=1S/C24H16F2N2O4/c25-17-8-7-16(13-18(17)26)28-23(29)21(14-4-2-1-3-5-14)22(24(28)30)27-15-6-9-19-20(12-15)32-11-10-31-19/h1-9,12-13,27H,10-11H2. The van der Waals surface area contributed by atoms with Crippen molar-refractivity contribution in [2.75, 3.05) is 23.4 Å². The van der Waals surface area contributed by atoms with Crippen molar-refractivity contribution in [2.45, 2.75) is 0 Å². The van der Waals surface area contributed by atoms with Gasteiger partial charge in [-0.05, 0) is 29.8 Å². The van der Waals surface area contributed by atoms with Crippen LogP contribution in [0.2, 0.25) is 0 Å². The van der Waals surface area contributed by atoms with E-state index in [1.54, 1.807) is 48.5 Å². The van der Waals surface area contributed by atoms with Crippen molar-refractivity contribution >= 4 is 28.8 Å². The van der Waals surface area contributed by atoms with Gasteiger partial charge >= 0.3 is 0 Å². The molecule has 0 saturated heterocycles. The first kappa shape index (κ1) is 19.7. The van der Waals surface area contributed by atoms with Crippen LogP contribution in [0, 0.1) is 11.6 Å². The van der Waals surface area contributed by atoms with Crippen LogP contribution in [0.25, 0.3) is 5.57 Å². The second kappa shape index (κ2) is 7.81. The molecule has 0 unspecified atom stereocenters. The largest absolute Gasteiger partial charge is 0.486 e. The molecule has 0 atom stereocenters. The molecule has 0 saturated carbocycles. The van der Waals surface area contributed by atoms with Gasteiger partial charge in [-0.15, -0.1) is 0 Å². The molecule has 0 radical (unpaired) electrons. The molecule has 0 fully saturated rings. The molecule has 3 aromatic rings. The molecule has 1 N–H and O–H groups in total. The van der Waals surface area contributed by atoms with Gasteiger partial charge in [0.15, 0.2) is 23.1 Å². The number of hydrogen-bond acceptors (Lipinski definition) is 5. The lowest BCUT2D eigenvalue weighted by molar-refractivity contribution is -0.120. The van der Waals surface area contributed by atoms with Crippen LogP contribution in [0.3, 0.4) is 0 Å². The van der Waals surface area contributed by atoms with Crippen molar-refractivity contribution in [3.05, 3.63) is 89.6 Å². The summed E-state index contributed by atoms with van der Waals surface area (Å²) < 4.78 is 38.3. The summed E-state index contributed by atoms with van der Waals surface area (Å²) in [6, 6.07) is 16.6. The number of imide groups is 1. The lowest BCUT2D eigenvalue weighted by Crippen LogP contribution is -2.32. The minimum atomic E-state index is -1.15. The summed E-state index contributed by atoms with van der Waals surface area (Å²) in [4.78, 5) is 27.4. The Kier molecular flexibility index (Phi) is 4.82. The highest BCUT2D eigenvalue weighted by molar-refractivity contribution is 6.46. The Labute approximate surface area is 181 Å². The van der Waals surface area contributed by atoms with E-state index in [9.17, 15) is 18.4 Å². The van der Waals surface area contributed by atoms with Crippen LogP contribution in [0.4, 0.5) is 20.2 Å². The highest BCUT2D eigenvalue weighted by Crippen LogP contribution is 2.37. The van der Waals surface area contributed by atoms with Gasteiger partial charge in [-0.2, -0.15) is 0 Å². The zero-order valence-corrected chi connectivity index (χ0v) is 16.6. The van der Waals surface area contributed by atoms with E-state index in [4.69, 9.17) is 9.47 Å². The average Bonchev–Trinajstić information content (AvgIpc) is 3.05. The summed E-state index contributed by atoms with van der Waals surface area (Å²) in [6.07, 6.45) is 0. The first-order chi connectivity index (χ1) is 15.5. The van der Waals surface area contributed by atoms with Gasteiger partial charge in [-0.1, -0.05) is 30.3 Å². The number of hydrogen-bond donors (Lipinski definition) is 1. The fraction of sp³-hybridized carbons (Fsp3) is 0.0833. The summed E-state index contributed by atoms with van der Waals surface area (Å²) in [7, 11) is 0. The van der Waals surface area contributed by atoms with E-state index in [1.165, 1.54) is 6.07 Å². The van der Waals surface area contributed by atoms with Crippen LogP contribution in [-0.4, -0.2) is 25.0 Å². The molecule has 0 aliphatic carbocycles. The van der Waals surface area contributed by atoms with Crippen molar-refractivity contribution in [3.8, 4) is 11.5 Å². The molecular formula is C24H16F2N2O4. The summed E-state index contributed by atoms with van der Waals surface area (Å²) in [5.41, 5.74) is 1.09. The van der Waals surface area contributed by atoms with Crippen molar-refractivity contribution in [1.82, 2.24) is 0 Å². The normalized spacial score (nSPS) is 15.4. The maximum absolute atomic E-state index is 13.8. The summed E-state index contributed by atoms with van der Waals surface area (Å²) in [5.74, 6) is -2.47. The minimum absolute atomic E-state index is 0.0163. The van der Waals surface area contributed by atoms with Gasteiger partial charge < -0.3 is 14.8 Å². The first-order valence-electron chi connectivity index (χ1n) is 9.83. The Morgan fingerprint density at radius 3 is 2.28 bits per heavy atom. The number of carbonyl (C=O) groups is 2. The van der Waals surface area contributed by atoms with Crippen LogP contribution in [-0.2, 0) is 9.59 Å². The van der Waals surface area contributed by atoms with Gasteiger partial charge in [0.05, 0.1) is 11.3 Å². The topological polar surface area (TPSA) is 67.9 Å². The van der Waals surface area contributed by atoms with Gasteiger partial charge in [-0.25, -0.2) is 13.7 Å². The van der Waals surface area contributed by atoms with E-state index >= 15 is 0 Å². The fourth-order valence-corrected chi connectivity index (χ4v) is 3.64. The van der Waals surface area contributed by atoms with Crippen molar-refractivity contribution in [3.63, 3.8) is 0 Å². The molecule has 32 heavy (non-hydrogen) atoms. The van der Waals surface area contributed by atoms with E-state index in [1.807, 2.05) is 0 Å². The maximum atomic E-state index is 13.8. The number of anilines is 2. The SMILES string of the molecule is O=C1C(Nc2ccc3c(c2)OCCO3)=C(c2ccccc2)C(=O)N1c1ccc(F)c(F)c1. The highest BCUT2D eigenvalue weighted by atomic mass is 19.2. The van der Waals surface area contributed by atoms with Gasteiger partial charge in [-0.3, -0.25) is 9.59 Å². The zero-order valence-electron chi connectivity index (χ0n) is 16.6. The average molecular weight is 434 g/mol. The predicted octanol–water partition coefficient (Wildman–Crippen LogP) is 4.13. The van der Waals surface area contributed by atoms with Crippen LogP contribution >= 0.6 is 0 Å². The summed E-state index contributed by atoms with van der Waals surface area (Å²) in [6.45, 7) is 0.842. The number of carbonyl (C=O) groups excluding carboxylic acids is 2. The molecule has 2 aliphatic heterocycles. The lowest BCUT2D eigenvalue weighted by Gasteiger charge is -2.19. The fourth-order valence-electron chi connectivity index (χ4n) is 3.64. The summed E-state index contributed by atoms with van der Waals surface area (Å²) in [5, 5.41) is 3.01. The van der Waals surface area contributed by atoms with Crippen LogP contribution in [0.1, 0.15) is 5.56 Å². The molecule has 2 aliphatic rings. The summed E-state index contributed by atoms with van der Waals surface area (Å²) >= 11 is 0. The number of nitrogens with zero attached hydrogens (tertiary/aromatic N) is 1. The Hall–Kier alpha value is -4.20. The molecule has 0 bridgehead atoms. The Morgan fingerprint density at radius 2 is 1.53 bits per heavy atom. The van der Waals surface area contributed by atoms with Crippen molar-refractivity contribution < 1.29 is 27.8 Å². The van der Waals surface area contributed by atoms with Crippen LogP contribution < -0.4 is 19.7 Å². The smallest absolute Gasteiger partial charge is 0.282 e. The maximum Gasteiger partial charge on any atom is 0.282 e. The molecule has 2 amide bonds. The molecule has 0 aromatic heterocycles. The van der Waals surface area contributed by atoms with E-state index in [0.717, 1.165) is 17.0 Å². The predicted molar refractivity (Wildman–Crippen MR) is 113 cm³/mol. The number of amides is 2. The molecule has 6 nitrogen and oxygen atoms in total. The van der Waals surface area contributed by atoms with Gasteiger partial charge in [0.25, 0.3) is 11.8 Å². The van der Waals surface area contributed by atoms with Crippen molar-refractivity contribution in [2.24, 2.45) is 0 Å². The number of nitrogens with one attached hydrogen (secondary N) is 1. The molecule has 2 heterocycles. The van der Waals surface area contributed by atoms with E-state index < -0.39 is 23.4 Å².